The summed E-state index contributed by atoms with van der Waals surface area (Å²) in [6, 6.07) is 0.557. The molecule has 2 aliphatic rings. The molecule has 2 rings (SSSR count). The van der Waals surface area contributed by atoms with Gasteiger partial charge in [0, 0.05) is 25.2 Å². The lowest BCUT2D eigenvalue weighted by Crippen LogP contribution is -2.57. The van der Waals surface area contributed by atoms with Crippen LogP contribution in [0.4, 0.5) is 0 Å². The van der Waals surface area contributed by atoms with Crippen LogP contribution in [0.1, 0.15) is 20.3 Å². The number of nitrogens with one attached hydrogen (secondary N) is 1. The summed E-state index contributed by atoms with van der Waals surface area (Å²) in [5.74, 6) is -0.0807. The van der Waals surface area contributed by atoms with E-state index in [-0.39, 0.29) is 35.4 Å². The zero-order chi connectivity index (χ0) is 12.6. The Kier molecular flexibility index (Phi) is 3.45. The van der Waals surface area contributed by atoms with Crippen LogP contribution in [0.5, 0.6) is 0 Å². The van der Waals surface area contributed by atoms with Crippen LogP contribution < -0.4 is 5.32 Å². The molecule has 6 heteroatoms. The van der Waals surface area contributed by atoms with Crippen LogP contribution in [0.2, 0.25) is 0 Å². The summed E-state index contributed by atoms with van der Waals surface area (Å²) in [6.45, 7) is 5.45. The predicted octanol–water partition coefficient (Wildman–Crippen LogP) is -0.370. The fraction of sp³-hybridized carbons (Fsp3) is 0.909. The van der Waals surface area contributed by atoms with E-state index in [2.05, 4.69) is 5.32 Å². The van der Waals surface area contributed by atoms with Gasteiger partial charge in [-0.15, -0.1) is 0 Å². The molecule has 0 spiro atoms. The molecule has 2 heterocycles. The fourth-order valence-electron chi connectivity index (χ4n) is 2.75. The van der Waals surface area contributed by atoms with E-state index in [1.807, 2.05) is 18.7 Å². The van der Waals surface area contributed by atoms with Crippen molar-refractivity contribution in [2.24, 2.45) is 5.92 Å². The molecule has 98 valence electrons. The molecule has 0 aliphatic carbocycles. The standard InChI is InChI=1S/C11H20N2O3S/c1-8-5-13(6-9(2)12-8)11(14)10-3-4-17(15,16)7-10/h8-10,12H,3-7H2,1-2H3. The molecule has 2 fully saturated rings. The fourth-order valence-corrected chi connectivity index (χ4v) is 4.49. The molecule has 0 aromatic carbocycles. The molecule has 2 aliphatic heterocycles. The molecule has 1 amide bonds. The Morgan fingerprint density at radius 2 is 1.82 bits per heavy atom. The summed E-state index contributed by atoms with van der Waals surface area (Å²) >= 11 is 0. The molecule has 5 nitrogen and oxygen atoms in total. The van der Waals surface area contributed by atoms with Gasteiger partial charge in [-0.2, -0.15) is 0 Å². The zero-order valence-corrected chi connectivity index (χ0v) is 11.2. The molecule has 17 heavy (non-hydrogen) atoms. The summed E-state index contributed by atoms with van der Waals surface area (Å²) in [5, 5.41) is 3.36. The maximum atomic E-state index is 12.2. The third kappa shape index (κ3) is 2.98. The average molecular weight is 260 g/mol. The number of piperazine rings is 1. The average Bonchev–Trinajstić information content (AvgIpc) is 2.56. The third-order valence-corrected chi connectivity index (χ3v) is 5.22. The lowest BCUT2D eigenvalue weighted by atomic mass is 10.0. The van der Waals surface area contributed by atoms with Crippen LogP contribution >= 0.6 is 0 Å². The van der Waals surface area contributed by atoms with E-state index in [4.69, 9.17) is 0 Å². The second kappa shape index (κ2) is 4.57. The van der Waals surface area contributed by atoms with E-state index < -0.39 is 9.84 Å². The third-order valence-electron chi connectivity index (χ3n) is 3.45. The highest BCUT2D eigenvalue weighted by molar-refractivity contribution is 7.91. The summed E-state index contributed by atoms with van der Waals surface area (Å²) in [7, 11) is -2.97. The first-order chi connectivity index (χ1) is 7.87. The monoisotopic (exact) mass is 260 g/mol. The van der Waals surface area contributed by atoms with E-state index in [1.165, 1.54) is 0 Å². The van der Waals surface area contributed by atoms with Crippen molar-refractivity contribution < 1.29 is 13.2 Å². The Morgan fingerprint density at radius 3 is 2.29 bits per heavy atom. The molecule has 0 bridgehead atoms. The van der Waals surface area contributed by atoms with Gasteiger partial charge in [-0.05, 0) is 20.3 Å². The first-order valence-electron chi connectivity index (χ1n) is 6.12. The summed E-state index contributed by atoms with van der Waals surface area (Å²) < 4.78 is 22.7. The Hall–Kier alpha value is -0.620. The number of carbonyl (C=O) groups is 1. The highest BCUT2D eigenvalue weighted by Crippen LogP contribution is 2.21. The predicted molar refractivity (Wildman–Crippen MR) is 65.4 cm³/mol. The number of hydrogen-bond acceptors (Lipinski definition) is 4. The molecular formula is C11H20N2O3S. The van der Waals surface area contributed by atoms with Gasteiger partial charge in [-0.25, -0.2) is 8.42 Å². The van der Waals surface area contributed by atoms with E-state index in [0.717, 1.165) is 0 Å². The van der Waals surface area contributed by atoms with Gasteiger partial charge < -0.3 is 10.2 Å². The molecule has 2 saturated heterocycles. The van der Waals surface area contributed by atoms with Crippen molar-refractivity contribution in [1.29, 1.82) is 0 Å². The van der Waals surface area contributed by atoms with Gasteiger partial charge in [0.15, 0.2) is 9.84 Å². The lowest BCUT2D eigenvalue weighted by molar-refractivity contribution is -0.136. The second-order valence-electron chi connectivity index (χ2n) is 5.31. The second-order valence-corrected chi connectivity index (χ2v) is 7.54. The molecule has 3 atom stereocenters. The lowest BCUT2D eigenvalue weighted by Gasteiger charge is -2.37. The van der Waals surface area contributed by atoms with Crippen molar-refractivity contribution in [2.45, 2.75) is 32.4 Å². The van der Waals surface area contributed by atoms with Crippen molar-refractivity contribution in [3.63, 3.8) is 0 Å². The van der Waals surface area contributed by atoms with Crippen LogP contribution in [0.3, 0.4) is 0 Å². The number of carbonyl (C=O) groups excluding carboxylic acids is 1. The maximum Gasteiger partial charge on any atom is 0.226 e. The van der Waals surface area contributed by atoms with Gasteiger partial charge in [0.2, 0.25) is 5.91 Å². The summed E-state index contributed by atoms with van der Waals surface area (Å²) in [5.41, 5.74) is 0. The largest absolute Gasteiger partial charge is 0.339 e. The molecular weight excluding hydrogens is 240 g/mol. The van der Waals surface area contributed by atoms with Crippen molar-refractivity contribution >= 4 is 15.7 Å². The van der Waals surface area contributed by atoms with E-state index in [1.54, 1.807) is 0 Å². The summed E-state index contributed by atoms with van der Waals surface area (Å²) in [4.78, 5) is 14.0. The number of rotatable bonds is 1. The molecule has 3 unspecified atom stereocenters. The van der Waals surface area contributed by atoms with E-state index >= 15 is 0 Å². The maximum absolute atomic E-state index is 12.2. The van der Waals surface area contributed by atoms with Gasteiger partial charge in [-0.3, -0.25) is 4.79 Å². The quantitative estimate of drug-likeness (QED) is 0.698. The van der Waals surface area contributed by atoms with E-state index in [0.29, 0.717) is 19.5 Å². The molecule has 0 radical (unpaired) electrons. The minimum Gasteiger partial charge on any atom is -0.339 e. The van der Waals surface area contributed by atoms with Crippen molar-refractivity contribution in [3.05, 3.63) is 0 Å². The minimum atomic E-state index is -2.97. The number of sulfone groups is 1. The summed E-state index contributed by atoms with van der Waals surface area (Å²) in [6.07, 6.45) is 0.494. The van der Waals surface area contributed by atoms with Crippen LogP contribution in [0, 0.1) is 5.92 Å². The number of hydrogen-bond donors (Lipinski definition) is 1. The van der Waals surface area contributed by atoms with Crippen molar-refractivity contribution in [3.8, 4) is 0 Å². The highest BCUT2D eigenvalue weighted by atomic mass is 32.2. The molecule has 0 saturated carbocycles. The van der Waals surface area contributed by atoms with Gasteiger partial charge >= 0.3 is 0 Å². The zero-order valence-electron chi connectivity index (χ0n) is 10.3. The number of nitrogens with zero attached hydrogens (tertiary/aromatic N) is 1. The van der Waals surface area contributed by atoms with Gasteiger partial charge in [-0.1, -0.05) is 0 Å². The van der Waals surface area contributed by atoms with Crippen molar-refractivity contribution in [2.75, 3.05) is 24.6 Å². The molecule has 0 aromatic heterocycles. The number of amides is 1. The highest BCUT2D eigenvalue weighted by Gasteiger charge is 2.37. The normalized spacial score (nSPS) is 37.1. The van der Waals surface area contributed by atoms with Crippen LogP contribution in [0.15, 0.2) is 0 Å². The van der Waals surface area contributed by atoms with Crippen LogP contribution in [-0.4, -0.2) is 55.9 Å². The van der Waals surface area contributed by atoms with Crippen LogP contribution in [0.25, 0.3) is 0 Å². The SMILES string of the molecule is CC1CN(C(=O)C2CCS(=O)(=O)C2)CC(C)N1. The van der Waals surface area contributed by atoms with Crippen molar-refractivity contribution in [1.82, 2.24) is 10.2 Å². The van der Waals surface area contributed by atoms with Gasteiger partial charge in [0.1, 0.15) is 0 Å². The molecule has 0 aromatic rings. The Morgan fingerprint density at radius 1 is 1.24 bits per heavy atom. The van der Waals surface area contributed by atoms with E-state index in [9.17, 15) is 13.2 Å². The Bertz CT molecular complexity index is 397. The topological polar surface area (TPSA) is 66.5 Å². The smallest absolute Gasteiger partial charge is 0.226 e. The Balaban J connectivity index is 2.00. The Labute approximate surface area is 102 Å². The van der Waals surface area contributed by atoms with Crippen LogP contribution in [-0.2, 0) is 14.6 Å². The molecule has 1 N–H and O–H groups in total. The van der Waals surface area contributed by atoms with Gasteiger partial charge in [0.25, 0.3) is 0 Å². The minimum absolute atomic E-state index is 0.0197. The first-order valence-corrected chi connectivity index (χ1v) is 7.95. The van der Waals surface area contributed by atoms with Gasteiger partial charge in [0.05, 0.1) is 17.4 Å². The first kappa shape index (κ1) is 12.8.